The molecule has 36 heavy (non-hydrogen) atoms. The lowest BCUT2D eigenvalue weighted by Crippen LogP contribution is -2.27. The number of esters is 1. The molecule has 0 fully saturated rings. The fourth-order valence-corrected chi connectivity index (χ4v) is 4.56. The predicted molar refractivity (Wildman–Crippen MR) is 138 cm³/mol. The van der Waals surface area contributed by atoms with Crippen LogP contribution in [0.4, 0.5) is 0 Å². The number of hydrogen-bond acceptors (Lipinski definition) is 7. The Hall–Kier alpha value is -2.74. The Bertz CT molecular complexity index is 991. The molecule has 0 aliphatic carbocycles. The zero-order chi connectivity index (χ0) is 25.8. The molecule has 1 atom stereocenters. The van der Waals surface area contributed by atoms with E-state index in [0.29, 0.717) is 31.1 Å². The number of methoxy groups -OCH3 is 1. The van der Waals surface area contributed by atoms with Gasteiger partial charge in [0.1, 0.15) is 19.0 Å². The molecule has 0 bridgehead atoms. The number of hydrogen-bond donors (Lipinski definition) is 0. The summed E-state index contributed by atoms with van der Waals surface area (Å²) in [6, 6.07) is 13.8. The molecule has 1 unspecified atom stereocenters. The third-order valence-electron chi connectivity index (χ3n) is 6.41. The number of aryl methyl sites for hydroxylation is 1. The Labute approximate surface area is 214 Å². The maximum atomic E-state index is 13.8. The van der Waals surface area contributed by atoms with Crippen molar-refractivity contribution in [2.75, 3.05) is 46.8 Å². The van der Waals surface area contributed by atoms with E-state index >= 15 is 0 Å². The second kappa shape index (κ2) is 14.7. The summed E-state index contributed by atoms with van der Waals surface area (Å²) in [5.74, 6) is 0.149. The van der Waals surface area contributed by atoms with Crippen LogP contribution < -0.4 is 4.74 Å². The number of rotatable bonds is 12. The molecule has 0 saturated heterocycles. The monoisotopic (exact) mass is 497 g/mol. The molecule has 0 aromatic heterocycles. The van der Waals surface area contributed by atoms with Crippen molar-refractivity contribution in [2.24, 2.45) is 0 Å². The Morgan fingerprint density at radius 3 is 2.67 bits per heavy atom. The first kappa shape index (κ1) is 27.8. The van der Waals surface area contributed by atoms with Crippen LogP contribution in [-0.4, -0.2) is 63.5 Å². The second-order valence-corrected chi connectivity index (χ2v) is 9.21. The number of carbonyl (C=O) groups is 2. The Morgan fingerprint density at radius 1 is 1.06 bits per heavy atom. The first-order valence-electron chi connectivity index (χ1n) is 12.8. The van der Waals surface area contributed by atoms with Crippen molar-refractivity contribution >= 4 is 11.8 Å². The average Bonchev–Trinajstić information content (AvgIpc) is 2.95. The van der Waals surface area contributed by atoms with Crippen LogP contribution in [0.5, 0.6) is 5.75 Å². The van der Waals surface area contributed by atoms with E-state index in [1.807, 2.05) is 31.2 Å². The van der Waals surface area contributed by atoms with Gasteiger partial charge in [-0.1, -0.05) is 24.3 Å². The number of unbranched alkanes of at least 4 members (excludes halogenated alkanes) is 2. The third-order valence-corrected chi connectivity index (χ3v) is 6.41. The molecule has 196 valence electrons. The van der Waals surface area contributed by atoms with Crippen molar-refractivity contribution in [2.45, 2.75) is 52.0 Å². The SMILES string of the molecule is COCCCCCN1COCCC(C(=O)c2ccc(OCCOC(C)=O)cc2C)c2ccccc2C1. The molecular weight excluding hydrogens is 458 g/mol. The van der Waals surface area contributed by atoms with Crippen LogP contribution in [0.3, 0.4) is 0 Å². The van der Waals surface area contributed by atoms with Crippen molar-refractivity contribution in [1.82, 2.24) is 4.90 Å². The van der Waals surface area contributed by atoms with Gasteiger partial charge in [-0.25, -0.2) is 0 Å². The van der Waals surface area contributed by atoms with E-state index in [2.05, 4.69) is 17.0 Å². The highest BCUT2D eigenvalue weighted by atomic mass is 16.6. The molecule has 1 aliphatic heterocycles. The molecule has 0 saturated carbocycles. The minimum Gasteiger partial charge on any atom is -0.490 e. The summed E-state index contributed by atoms with van der Waals surface area (Å²) in [5, 5.41) is 0. The summed E-state index contributed by atoms with van der Waals surface area (Å²) < 4.78 is 21.7. The zero-order valence-corrected chi connectivity index (χ0v) is 21.8. The van der Waals surface area contributed by atoms with Gasteiger partial charge in [0.2, 0.25) is 0 Å². The van der Waals surface area contributed by atoms with E-state index < -0.39 is 0 Å². The van der Waals surface area contributed by atoms with E-state index in [9.17, 15) is 9.59 Å². The molecular formula is C29H39NO6. The van der Waals surface area contributed by atoms with Crippen LogP contribution in [0.15, 0.2) is 42.5 Å². The quantitative estimate of drug-likeness (QED) is 0.235. The summed E-state index contributed by atoms with van der Waals surface area (Å²) in [5.41, 5.74) is 3.82. The van der Waals surface area contributed by atoms with Crippen LogP contribution in [-0.2, 0) is 25.5 Å². The fraction of sp³-hybridized carbons (Fsp3) is 0.517. The van der Waals surface area contributed by atoms with Gasteiger partial charge in [0.15, 0.2) is 5.78 Å². The Balaban J connectivity index is 1.71. The van der Waals surface area contributed by atoms with Crippen molar-refractivity contribution in [3.8, 4) is 5.75 Å². The molecule has 3 rings (SSSR count). The molecule has 7 heteroatoms. The van der Waals surface area contributed by atoms with E-state index in [4.69, 9.17) is 18.9 Å². The van der Waals surface area contributed by atoms with Crippen LogP contribution >= 0.6 is 0 Å². The number of ether oxygens (including phenoxy) is 4. The summed E-state index contributed by atoms with van der Waals surface area (Å²) in [6.07, 6.45) is 3.91. The van der Waals surface area contributed by atoms with Gasteiger partial charge in [-0.05, 0) is 67.5 Å². The van der Waals surface area contributed by atoms with Gasteiger partial charge in [0.25, 0.3) is 0 Å². The highest BCUT2D eigenvalue weighted by Crippen LogP contribution is 2.31. The maximum Gasteiger partial charge on any atom is 0.302 e. The third kappa shape index (κ3) is 8.43. The van der Waals surface area contributed by atoms with Gasteiger partial charge in [-0.15, -0.1) is 0 Å². The van der Waals surface area contributed by atoms with Gasteiger partial charge in [-0.3, -0.25) is 14.5 Å². The van der Waals surface area contributed by atoms with E-state index in [0.717, 1.165) is 50.1 Å². The van der Waals surface area contributed by atoms with Crippen molar-refractivity contribution in [1.29, 1.82) is 0 Å². The molecule has 2 aromatic carbocycles. The molecule has 0 N–H and O–H groups in total. The average molecular weight is 498 g/mol. The Morgan fingerprint density at radius 2 is 1.89 bits per heavy atom. The van der Waals surface area contributed by atoms with E-state index in [1.54, 1.807) is 13.2 Å². The lowest BCUT2D eigenvalue weighted by atomic mass is 9.84. The highest BCUT2D eigenvalue weighted by Gasteiger charge is 2.27. The van der Waals surface area contributed by atoms with Crippen molar-refractivity contribution < 1.29 is 28.5 Å². The van der Waals surface area contributed by atoms with Gasteiger partial charge >= 0.3 is 5.97 Å². The molecule has 0 spiro atoms. The summed E-state index contributed by atoms with van der Waals surface area (Å²) in [6.45, 7) is 7.36. The number of fused-ring (bicyclic) bond motifs is 1. The summed E-state index contributed by atoms with van der Waals surface area (Å²) >= 11 is 0. The Kier molecular flexibility index (Phi) is 11.4. The molecule has 1 aliphatic rings. The maximum absolute atomic E-state index is 13.8. The normalized spacial score (nSPS) is 16.4. The zero-order valence-electron chi connectivity index (χ0n) is 21.8. The van der Waals surface area contributed by atoms with Gasteiger partial charge in [0.05, 0.1) is 6.73 Å². The topological polar surface area (TPSA) is 74.3 Å². The second-order valence-electron chi connectivity index (χ2n) is 9.21. The lowest BCUT2D eigenvalue weighted by Gasteiger charge is -2.23. The smallest absolute Gasteiger partial charge is 0.302 e. The molecule has 1 heterocycles. The number of ketones is 1. The van der Waals surface area contributed by atoms with Crippen LogP contribution in [0.25, 0.3) is 0 Å². The van der Waals surface area contributed by atoms with E-state index in [-0.39, 0.29) is 30.9 Å². The molecule has 2 aromatic rings. The number of carbonyl (C=O) groups excluding carboxylic acids is 2. The molecule has 7 nitrogen and oxygen atoms in total. The summed E-state index contributed by atoms with van der Waals surface area (Å²) in [4.78, 5) is 27.0. The minimum atomic E-state index is -0.333. The van der Waals surface area contributed by atoms with E-state index in [1.165, 1.54) is 12.5 Å². The van der Waals surface area contributed by atoms with Gasteiger partial charge in [-0.2, -0.15) is 0 Å². The minimum absolute atomic E-state index is 0.100. The highest BCUT2D eigenvalue weighted by molar-refractivity contribution is 6.02. The largest absolute Gasteiger partial charge is 0.490 e. The van der Waals surface area contributed by atoms with Gasteiger partial charge < -0.3 is 18.9 Å². The fourth-order valence-electron chi connectivity index (χ4n) is 4.56. The number of benzene rings is 2. The standard InChI is InChI=1S/C29H39NO6/c1-22-19-25(36-18-17-35-23(2)31)11-12-26(22)29(32)28-13-16-34-21-30(14-7-4-8-15-33-3)20-24-9-5-6-10-27(24)28/h5-6,9-12,19,28H,4,7-8,13-18,20-21H2,1-3H3. The molecule has 0 amide bonds. The van der Waals surface area contributed by atoms with Crippen LogP contribution in [0, 0.1) is 6.92 Å². The number of nitrogens with zero attached hydrogens (tertiary/aromatic N) is 1. The number of Topliss-reactive ketones (excluding diaryl/α,β-unsaturated/α-hetero) is 1. The van der Waals surface area contributed by atoms with Crippen LogP contribution in [0.2, 0.25) is 0 Å². The lowest BCUT2D eigenvalue weighted by molar-refractivity contribution is -0.141. The van der Waals surface area contributed by atoms with Gasteiger partial charge in [0, 0.05) is 51.8 Å². The first-order valence-corrected chi connectivity index (χ1v) is 12.8. The van der Waals surface area contributed by atoms with Crippen molar-refractivity contribution in [3.63, 3.8) is 0 Å². The van der Waals surface area contributed by atoms with Crippen molar-refractivity contribution in [3.05, 3.63) is 64.7 Å². The van der Waals surface area contributed by atoms with Crippen LogP contribution in [0.1, 0.15) is 65.6 Å². The first-order chi connectivity index (χ1) is 17.5. The molecule has 0 radical (unpaired) electrons. The summed E-state index contributed by atoms with van der Waals surface area (Å²) in [7, 11) is 1.74. The predicted octanol–water partition coefficient (Wildman–Crippen LogP) is 4.90.